The summed E-state index contributed by atoms with van der Waals surface area (Å²) >= 11 is 1.35. The van der Waals surface area contributed by atoms with E-state index in [1.54, 1.807) is 0 Å². The van der Waals surface area contributed by atoms with Crippen LogP contribution in [0, 0.1) is 5.41 Å². The maximum absolute atomic E-state index is 11.7. The Bertz CT molecular complexity index is 585. The Balaban J connectivity index is 3.75. The zero-order chi connectivity index (χ0) is 22.3. The van der Waals surface area contributed by atoms with Gasteiger partial charge in [0.2, 0.25) is 23.6 Å². The van der Waals surface area contributed by atoms with E-state index in [2.05, 4.69) is 21.3 Å². The average molecular weight is 434 g/mol. The van der Waals surface area contributed by atoms with Crippen LogP contribution >= 0.6 is 11.8 Å². The number of carboxylic acids is 1. The molecule has 0 radical (unpaired) electrons. The Morgan fingerprint density at radius 2 is 1.48 bits per heavy atom. The van der Waals surface area contributed by atoms with E-state index >= 15 is 0 Å². The summed E-state index contributed by atoms with van der Waals surface area (Å²) in [7, 11) is 0. The van der Waals surface area contributed by atoms with Crippen LogP contribution in [0.4, 0.5) is 0 Å². The van der Waals surface area contributed by atoms with Crippen LogP contribution in [0.5, 0.6) is 0 Å². The van der Waals surface area contributed by atoms with E-state index in [9.17, 15) is 24.0 Å². The summed E-state index contributed by atoms with van der Waals surface area (Å²) in [6.07, 6.45) is 0.969. The summed E-state index contributed by atoms with van der Waals surface area (Å²) in [5.74, 6) is -2.07. The van der Waals surface area contributed by atoms with Crippen molar-refractivity contribution in [3.63, 3.8) is 0 Å². The normalized spacial score (nSPS) is 10.7. The van der Waals surface area contributed by atoms with Crippen LogP contribution in [-0.2, 0) is 24.0 Å². The first-order valence-electron chi connectivity index (χ1n) is 9.20. The number of carbonyl (C=O) groups excluding carboxylic acids is 4. The quantitative estimate of drug-likeness (QED) is 0.127. The summed E-state index contributed by atoms with van der Waals surface area (Å²) in [5.41, 5.74) is 3.70. The average Bonchev–Trinajstić information content (AvgIpc) is 2.66. The van der Waals surface area contributed by atoms with E-state index in [0.29, 0.717) is 18.8 Å². The summed E-state index contributed by atoms with van der Waals surface area (Å²) in [6, 6.07) is 0. The third-order valence-electron chi connectivity index (χ3n) is 3.69. The summed E-state index contributed by atoms with van der Waals surface area (Å²) in [5, 5.41) is 19.0. The van der Waals surface area contributed by atoms with Crippen LogP contribution in [0.25, 0.3) is 0 Å². The Kier molecular flexibility index (Phi) is 13.4. The molecule has 0 unspecified atom stereocenters. The lowest BCUT2D eigenvalue weighted by atomic mass is 9.93. The highest BCUT2D eigenvalue weighted by Gasteiger charge is 2.35. The molecule has 0 rings (SSSR count). The van der Waals surface area contributed by atoms with Gasteiger partial charge < -0.3 is 32.1 Å². The molecule has 0 aliphatic carbocycles. The highest BCUT2D eigenvalue weighted by Crippen LogP contribution is 2.14. The fourth-order valence-corrected chi connectivity index (χ4v) is 2.51. The lowest BCUT2D eigenvalue weighted by Gasteiger charge is -2.18. The molecule has 0 aliphatic rings. The van der Waals surface area contributed by atoms with Crippen LogP contribution in [0.1, 0.15) is 26.7 Å². The smallest absolute Gasteiger partial charge is 0.318 e. The van der Waals surface area contributed by atoms with Gasteiger partial charge >= 0.3 is 5.97 Å². The van der Waals surface area contributed by atoms with Crippen LogP contribution in [0.3, 0.4) is 0 Å². The van der Waals surface area contributed by atoms with Crippen molar-refractivity contribution >= 4 is 41.4 Å². The van der Waals surface area contributed by atoms with Crippen LogP contribution in [0.15, 0.2) is 0 Å². The van der Waals surface area contributed by atoms with Gasteiger partial charge in [-0.15, -0.1) is 0 Å². The highest BCUT2D eigenvalue weighted by atomic mass is 32.2. The molecule has 0 aromatic rings. The molecule has 0 aliphatic heterocycles. The Labute approximate surface area is 174 Å². The maximum atomic E-state index is 11.7. The lowest BCUT2D eigenvalue weighted by Crippen LogP contribution is -2.46. The van der Waals surface area contributed by atoms with Gasteiger partial charge in [0.1, 0.15) is 5.41 Å². The molecule has 0 aromatic carbocycles. The van der Waals surface area contributed by atoms with Crippen LogP contribution in [0.2, 0.25) is 0 Å². The first-order chi connectivity index (χ1) is 13.6. The Morgan fingerprint density at radius 1 is 0.897 bits per heavy atom. The largest absolute Gasteiger partial charge is 0.480 e. The topological polar surface area (TPSA) is 180 Å². The van der Waals surface area contributed by atoms with E-state index < -0.39 is 23.2 Å². The Morgan fingerprint density at radius 3 is 2.07 bits per heavy atom. The fourth-order valence-electron chi connectivity index (χ4n) is 1.74. The minimum absolute atomic E-state index is 0.0922. The van der Waals surface area contributed by atoms with Gasteiger partial charge in [-0.3, -0.25) is 24.0 Å². The number of nitrogens with one attached hydrogen (secondary N) is 4. The number of carboxylic acid groups (broad SMARTS) is 1. The molecule has 166 valence electrons. The molecule has 0 bridgehead atoms. The monoisotopic (exact) mass is 433 g/mol. The Hall–Kier alpha value is -2.34. The predicted molar refractivity (Wildman–Crippen MR) is 109 cm³/mol. The van der Waals surface area contributed by atoms with Gasteiger partial charge in [0.25, 0.3) is 0 Å². The number of carbonyl (C=O) groups is 5. The first kappa shape index (κ1) is 26.7. The zero-order valence-corrected chi connectivity index (χ0v) is 17.7. The number of rotatable bonds is 15. The van der Waals surface area contributed by atoms with E-state index in [1.807, 2.05) is 0 Å². The van der Waals surface area contributed by atoms with Crippen molar-refractivity contribution in [2.75, 3.05) is 44.2 Å². The molecular formula is C17H31N5O6S. The molecular weight excluding hydrogens is 402 g/mol. The van der Waals surface area contributed by atoms with Gasteiger partial charge in [-0.2, -0.15) is 11.8 Å². The fraction of sp³-hybridized carbons (Fsp3) is 0.706. The van der Waals surface area contributed by atoms with Gasteiger partial charge in [0, 0.05) is 31.8 Å². The minimum atomic E-state index is -1.63. The molecule has 0 aromatic heterocycles. The van der Waals surface area contributed by atoms with Gasteiger partial charge in [-0.1, -0.05) is 0 Å². The van der Waals surface area contributed by atoms with Gasteiger partial charge in [0.05, 0.1) is 12.3 Å². The molecule has 4 amide bonds. The summed E-state index contributed by atoms with van der Waals surface area (Å²) < 4.78 is 0. The predicted octanol–water partition coefficient (Wildman–Crippen LogP) is -1.97. The van der Waals surface area contributed by atoms with Crippen molar-refractivity contribution in [2.45, 2.75) is 26.7 Å². The minimum Gasteiger partial charge on any atom is -0.480 e. The molecule has 11 nitrogen and oxygen atoms in total. The molecule has 7 N–H and O–H groups in total. The standard InChI is InChI=1S/C17H31N5O6S/c1-17(2,16(27)28)15(26)22-10-13(24)21-8-7-20-12(23)4-9-29-11-14(25)19-6-3-5-18/h3-11,18H2,1-2H3,(H,19,25)(H,20,23)(H,21,24)(H,22,26)(H,27,28). The highest BCUT2D eigenvalue weighted by molar-refractivity contribution is 7.99. The first-order valence-corrected chi connectivity index (χ1v) is 10.4. The molecule has 0 saturated carbocycles. The molecule has 0 heterocycles. The molecule has 29 heavy (non-hydrogen) atoms. The molecule has 0 saturated heterocycles. The number of hydrogen-bond donors (Lipinski definition) is 6. The van der Waals surface area contributed by atoms with E-state index in [0.717, 1.165) is 6.42 Å². The van der Waals surface area contributed by atoms with Gasteiger partial charge in [0.15, 0.2) is 0 Å². The number of hydrogen-bond acceptors (Lipinski definition) is 7. The van der Waals surface area contributed by atoms with Crippen LogP contribution < -0.4 is 27.0 Å². The summed E-state index contributed by atoms with van der Waals surface area (Å²) in [4.78, 5) is 57.4. The maximum Gasteiger partial charge on any atom is 0.318 e. The lowest BCUT2D eigenvalue weighted by molar-refractivity contribution is -0.153. The molecule has 0 fully saturated rings. The summed E-state index contributed by atoms with van der Waals surface area (Å²) in [6.45, 7) is 3.57. The van der Waals surface area contributed by atoms with E-state index in [4.69, 9.17) is 10.8 Å². The zero-order valence-electron chi connectivity index (χ0n) is 16.8. The van der Waals surface area contributed by atoms with Gasteiger partial charge in [-0.05, 0) is 26.8 Å². The number of thioether (sulfide) groups is 1. The molecule has 12 heteroatoms. The van der Waals surface area contributed by atoms with E-state index in [-0.39, 0.29) is 43.6 Å². The number of aliphatic carboxylic acids is 1. The van der Waals surface area contributed by atoms with Crippen molar-refractivity contribution in [3.05, 3.63) is 0 Å². The third kappa shape index (κ3) is 12.7. The second-order valence-electron chi connectivity index (χ2n) is 6.61. The van der Waals surface area contributed by atoms with Crippen molar-refractivity contribution in [3.8, 4) is 0 Å². The second kappa shape index (κ2) is 14.6. The SMILES string of the molecule is CC(C)(C(=O)O)C(=O)NCC(=O)NCCNC(=O)CCSCC(=O)NCCCN. The molecule has 0 spiro atoms. The number of nitrogens with two attached hydrogens (primary N) is 1. The van der Waals surface area contributed by atoms with Crippen molar-refractivity contribution in [1.82, 2.24) is 21.3 Å². The van der Waals surface area contributed by atoms with Crippen molar-refractivity contribution in [2.24, 2.45) is 11.1 Å². The van der Waals surface area contributed by atoms with E-state index in [1.165, 1.54) is 25.6 Å². The second-order valence-corrected chi connectivity index (χ2v) is 7.71. The van der Waals surface area contributed by atoms with Crippen LogP contribution in [-0.4, -0.2) is 78.9 Å². The third-order valence-corrected chi connectivity index (χ3v) is 4.65. The van der Waals surface area contributed by atoms with Gasteiger partial charge in [-0.25, -0.2) is 0 Å². The molecule has 0 atom stereocenters. The number of amides is 4. The van der Waals surface area contributed by atoms with Crippen molar-refractivity contribution < 1.29 is 29.1 Å². The van der Waals surface area contributed by atoms with Crippen molar-refractivity contribution in [1.29, 1.82) is 0 Å².